The Morgan fingerprint density at radius 2 is 1.78 bits per heavy atom. The number of halogens is 3. The summed E-state index contributed by atoms with van der Waals surface area (Å²) in [5, 5.41) is 3.45. The van der Waals surface area contributed by atoms with Crippen LogP contribution in [0.5, 0.6) is 0 Å². The SMILES string of the molecule is Cc1cc(-c2ccc(NS(=O)(=O)CCC(F)(F)F)nc2)nc2cnc(NC3CCC(N(C)C)CC3)nc12. The lowest BCUT2D eigenvalue weighted by atomic mass is 9.91. The van der Waals surface area contributed by atoms with Crippen molar-refractivity contribution in [3.8, 4) is 11.3 Å². The Bertz CT molecular complexity index is 1340. The lowest BCUT2D eigenvalue weighted by Gasteiger charge is -2.32. The quantitative estimate of drug-likeness (QED) is 0.436. The minimum Gasteiger partial charge on any atom is -0.351 e. The smallest absolute Gasteiger partial charge is 0.351 e. The van der Waals surface area contributed by atoms with Crippen molar-refractivity contribution in [2.75, 3.05) is 29.9 Å². The van der Waals surface area contributed by atoms with Gasteiger partial charge in [-0.05, 0) is 70.5 Å². The third kappa shape index (κ3) is 7.25. The highest BCUT2D eigenvalue weighted by molar-refractivity contribution is 7.92. The maximum atomic E-state index is 12.3. The molecule has 0 aliphatic heterocycles. The van der Waals surface area contributed by atoms with Crippen molar-refractivity contribution in [1.82, 2.24) is 24.8 Å². The number of alkyl halides is 3. The molecule has 1 aliphatic rings. The Balaban J connectivity index is 1.45. The number of rotatable bonds is 8. The number of hydrogen-bond acceptors (Lipinski definition) is 8. The minimum atomic E-state index is -4.56. The summed E-state index contributed by atoms with van der Waals surface area (Å²) >= 11 is 0. The van der Waals surface area contributed by atoms with Gasteiger partial charge in [-0.3, -0.25) is 4.72 Å². The minimum absolute atomic E-state index is 0.0675. The predicted octanol–water partition coefficient (Wildman–Crippen LogP) is 4.37. The van der Waals surface area contributed by atoms with E-state index in [0.717, 1.165) is 36.8 Å². The van der Waals surface area contributed by atoms with E-state index in [4.69, 9.17) is 0 Å². The summed E-state index contributed by atoms with van der Waals surface area (Å²) in [7, 11) is 0.0540. The van der Waals surface area contributed by atoms with E-state index in [-0.39, 0.29) is 5.82 Å². The molecule has 1 fully saturated rings. The number of pyridine rings is 2. The zero-order chi connectivity index (χ0) is 26.8. The highest BCUT2D eigenvalue weighted by atomic mass is 32.2. The van der Waals surface area contributed by atoms with E-state index in [2.05, 4.69) is 49.0 Å². The van der Waals surface area contributed by atoms with Gasteiger partial charge in [0.25, 0.3) is 0 Å². The Labute approximate surface area is 214 Å². The van der Waals surface area contributed by atoms with Crippen LogP contribution in [0, 0.1) is 6.92 Å². The molecule has 3 aromatic heterocycles. The molecule has 9 nitrogen and oxygen atoms in total. The second kappa shape index (κ2) is 10.7. The molecule has 200 valence electrons. The molecule has 0 spiro atoms. The summed E-state index contributed by atoms with van der Waals surface area (Å²) < 4.78 is 62.9. The fraction of sp³-hybridized carbons (Fsp3) is 0.500. The summed E-state index contributed by atoms with van der Waals surface area (Å²) in [4.78, 5) is 20.1. The second-order valence-electron chi connectivity index (χ2n) is 9.58. The average Bonchev–Trinajstić information content (AvgIpc) is 2.83. The number of anilines is 2. The topological polar surface area (TPSA) is 113 Å². The molecule has 0 aromatic carbocycles. The molecule has 1 aliphatic carbocycles. The molecule has 1 saturated carbocycles. The Hall–Kier alpha value is -3.06. The molecule has 13 heteroatoms. The van der Waals surface area contributed by atoms with Crippen LogP contribution in [0.4, 0.5) is 24.9 Å². The monoisotopic (exact) mass is 537 g/mol. The van der Waals surface area contributed by atoms with Crippen LogP contribution in [0.15, 0.2) is 30.6 Å². The molecule has 3 heterocycles. The number of nitrogens with one attached hydrogen (secondary N) is 2. The first kappa shape index (κ1) is 27.0. The van der Waals surface area contributed by atoms with E-state index in [1.54, 1.807) is 12.3 Å². The van der Waals surface area contributed by atoms with Gasteiger partial charge in [0.2, 0.25) is 16.0 Å². The van der Waals surface area contributed by atoms with Crippen LogP contribution in [0.2, 0.25) is 0 Å². The molecule has 0 unspecified atom stereocenters. The maximum Gasteiger partial charge on any atom is 0.390 e. The molecule has 4 rings (SSSR count). The summed E-state index contributed by atoms with van der Waals surface area (Å²) in [6.07, 6.45) is 1.46. The Kier molecular flexibility index (Phi) is 7.83. The fourth-order valence-corrected chi connectivity index (χ4v) is 5.43. The van der Waals surface area contributed by atoms with Gasteiger partial charge in [-0.2, -0.15) is 13.2 Å². The molecule has 0 saturated heterocycles. The first-order valence-electron chi connectivity index (χ1n) is 12.0. The van der Waals surface area contributed by atoms with Crippen LogP contribution in [0.3, 0.4) is 0 Å². The van der Waals surface area contributed by atoms with E-state index in [0.29, 0.717) is 34.8 Å². The molecule has 2 N–H and O–H groups in total. The van der Waals surface area contributed by atoms with Gasteiger partial charge in [0.1, 0.15) is 11.3 Å². The summed E-state index contributed by atoms with van der Waals surface area (Å²) in [5.41, 5.74) is 3.43. The van der Waals surface area contributed by atoms with Gasteiger partial charge in [0.15, 0.2) is 0 Å². The Morgan fingerprint density at radius 3 is 2.41 bits per heavy atom. The molecule has 0 bridgehead atoms. The highest BCUT2D eigenvalue weighted by Gasteiger charge is 2.30. The van der Waals surface area contributed by atoms with Crippen LogP contribution >= 0.6 is 0 Å². The largest absolute Gasteiger partial charge is 0.390 e. The molecule has 0 radical (unpaired) electrons. The molecule has 0 amide bonds. The fourth-order valence-electron chi connectivity index (χ4n) is 4.39. The average molecular weight is 538 g/mol. The number of nitrogens with zero attached hydrogens (tertiary/aromatic N) is 5. The summed E-state index contributed by atoms with van der Waals surface area (Å²) in [6.45, 7) is 1.92. The van der Waals surface area contributed by atoms with Gasteiger partial charge in [0, 0.05) is 23.8 Å². The summed E-state index contributed by atoms with van der Waals surface area (Å²) in [6, 6.07) is 5.78. The van der Waals surface area contributed by atoms with Crippen LogP contribution in [0.1, 0.15) is 37.7 Å². The van der Waals surface area contributed by atoms with Crippen molar-refractivity contribution in [3.63, 3.8) is 0 Å². The van der Waals surface area contributed by atoms with Gasteiger partial charge in [0.05, 0.1) is 29.6 Å². The maximum absolute atomic E-state index is 12.3. The molecule has 3 aromatic rings. The first-order chi connectivity index (χ1) is 17.4. The highest BCUT2D eigenvalue weighted by Crippen LogP contribution is 2.27. The van der Waals surface area contributed by atoms with E-state index >= 15 is 0 Å². The predicted molar refractivity (Wildman–Crippen MR) is 137 cm³/mol. The third-order valence-corrected chi connectivity index (χ3v) is 7.73. The van der Waals surface area contributed by atoms with Gasteiger partial charge in [-0.1, -0.05) is 0 Å². The van der Waals surface area contributed by atoms with Crippen molar-refractivity contribution in [1.29, 1.82) is 0 Å². The molecule has 0 atom stereocenters. The zero-order valence-corrected chi connectivity index (χ0v) is 21.7. The van der Waals surface area contributed by atoms with Crippen LogP contribution in [-0.2, 0) is 10.0 Å². The number of hydrogen-bond donors (Lipinski definition) is 2. The van der Waals surface area contributed by atoms with Crippen molar-refractivity contribution in [2.45, 2.75) is 57.3 Å². The normalized spacial score (nSPS) is 18.8. The van der Waals surface area contributed by atoms with Crippen LogP contribution < -0.4 is 10.0 Å². The standard InChI is InChI=1S/C24H30F3N7O2S/c1-15-12-19(16-4-9-21(28-13-16)33-37(35,36)11-10-24(25,26)27)31-20-14-29-23(32-22(15)20)30-17-5-7-18(8-6-17)34(2)3/h4,9,12-14,17-18H,5-8,10-11H2,1-3H3,(H,28,33)(H,29,30,32). The Morgan fingerprint density at radius 1 is 1.05 bits per heavy atom. The van der Waals surface area contributed by atoms with Gasteiger partial charge in [-0.25, -0.2) is 28.4 Å². The molecular formula is C24H30F3N7O2S. The van der Waals surface area contributed by atoms with Crippen LogP contribution in [0.25, 0.3) is 22.3 Å². The number of aromatic nitrogens is 4. The lowest BCUT2D eigenvalue weighted by Crippen LogP contribution is -2.36. The lowest BCUT2D eigenvalue weighted by molar-refractivity contribution is -0.129. The van der Waals surface area contributed by atoms with E-state index in [1.807, 2.05) is 13.0 Å². The van der Waals surface area contributed by atoms with Gasteiger partial charge < -0.3 is 10.2 Å². The zero-order valence-electron chi connectivity index (χ0n) is 20.9. The van der Waals surface area contributed by atoms with Crippen LogP contribution in [-0.4, -0.2) is 71.4 Å². The van der Waals surface area contributed by atoms with E-state index in [9.17, 15) is 21.6 Å². The van der Waals surface area contributed by atoms with E-state index in [1.165, 1.54) is 12.3 Å². The van der Waals surface area contributed by atoms with Crippen molar-refractivity contribution >= 4 is 32.8 Å². The van der Waals surface area contributed by atoms with Crippen molar-refractivity contribution in [2.24, 2.45) is 0 Å². The number of fused-ring (bicyclic) bond motifs is 1. The third-order valence-electron chi connectivity index (χ3n) is 6.47. The van der Waals surface area contributed by atoms with Crippen molar-refractivity contribution in [3.05, 3.63) is 36.2 Å². The number of sulfonamides is 1. The van der Waals surface area contributed by atoms with Crippen molar-refractivity contribution < 1.29 is 21.6 Å². The van der Waals surface area contributed by atoms with E-state index < -0.39 is 28.4 Å². The second-order valence-corrected chi connectivity index (χ2v) is 11.4. The van der Waals surface area contributed by atoms with Gasteiger partial charge in [-0.15, -0.1) is 0 Å². The van der Waals surface area contributed by atoms with Gasteiger partial charge >= 0.3 is 6.18 Å². The number of aryl methyl sites for hydroxylation is 1. The molecular weight excluding hydrogens is 507 g/mol. The summed E-state index contributed by atoms with van der Waals surface area (Å²) in [5.74, 6) is -0.566. The first-order valence-corrected chi connectivity index (χ1v) is 13.6. The molecule has 37 heavy (non-hydrogen) atoms.